The highest BCUT2D eigenvalue weighted by molar-refractivity contribution is 6.31. The monoisotopic (exact) mass is 475 g/mol. The third-order valence-electron chi connectivity index (χ3n) is 5.82. The summed E-state index contributed by atoms with van der Waals surface area (Å²) in [5.41, 5.74) is 4.13. The predicted octanol–water partition coefficient (Wildman–Crippen LogP) is 5.76. The largest absolute Gasteiger partial charge is 0.493 e. The molecule has 0 spiro atoms. The number of halogens is 1. The third kappa shape index (κ3) is 6.17. The summed E-state index contributed by atoms with van der Waals surface area (Å²) in [5, 5.41) is 3.63. The third-order valence-corrected chi connectivity index (χ3v) is 6.19. The van der Waals surface area contributed by atoms with Crippen LogP contribution in [0.15, 0.2) is 72.8 Å². The number of rotatable bonds is 11. The number of carbonyl (C=O) groups is 1. The molecule has 0 aliphatic heterocycles. The number of fused-ring (bicyclic) bond motifs is 1. The molecule has 0 aliphatic rings. The molecule has 0 unspecified atom stereocenters. The highest BCUT2D eigenvalue weighted by Gasteiger charge is 2.11. The van der Waals surface area contributed by atoms with Crippen molar-refractivity contribution < 1.29 is 9.53 Å². The van der Waals surface area contributed by atoms with Crippen LogP contribution in [0.4, 0.5) is 0 Å². The second-order valence-electron chi connectivity index (χ2n) is 8.36. The molecule has 1 amide bonds. The number of benzene rings is 3. The Kier molecular flexibility index (Phi) is 8.21. The van der Waals surface area contributed by atoms with Crippen LogP contribution in [0, 0.1) is 6.92 Å². The Labute approximate surface area is 205 Å². The minimum Gasteiger partial charge on any atom is -0.493 e. The summed E-state index contributed by atoms with van der Waals surface area (Å²) in [4.78, 5) is 17.1. The first-order valence-electron chi connectivity index (χ1n) is 11.7. The molecule has 6 heteroatoms. The highest BCUT2D eigenvalue weighted by atomic mass is 35.5. The van der Waals surface area contributed by atoms with Crippen molar-refractivity contribution in [3.8, 4) is 5.75 Å². The van der Waals surface area contributed by atoms with E-state index in [0.29, 0.717) is 24.6 Å². The van der Waals surface area contributed by atoms with Crippen LogP contribution in [-0.4, -0.2) is 28.6 Å². The number of amides is 1. The number of para-hydroxylation sites is 3. The summed E-state index contributed by atoms with van der Waals surface area (Å²) in [6.07, 6.45) is 2.78. The molecule has 4 aromatic rings. The molecule has 1 aromatic heterocycles. The van der Waals surface area contributed by atoms with E-state index in [2.05, 4.69) is 28.9 Å². The van der Waals surface area contributed by atoms with Gasteiger partial charge in [0.25, 0.3) is 0 Å². The molecule has 0 saturated carbocycles. The second kappa shape index (κ2) is 11.7. The summed E-state index contributed by atoms with van der Waals surface area (Å²) in [6, 6.07) is 23.7. The summed E-state index contributed by atoms with van der Waals surface area (Å²) in [5.74, 6) is 1.96. The van der Waals surface area contributed by atoms with E-state index in [1.807, 2.05) is 54.6 Å². The number of ether oxygens (including phenoxy) is 1. The van der Waals surface area contributed by atoms with E-state index in [9.17, 15) is 4.79 Å². The van der Waals surface area contributed by atoms with Gasteiger partial charge in [-0.25, -0.2) is 4.98 Å². The van der Waals surface area contributed by atoms with E-state index < -0.39 is 0 Å². The van der Waals surface area contributed by atoms with Gasteiger partial charge in [0.15, 0.2) is 0 Å². The van der Waals surface area contributed by atoms with Crippen LogP contribution in [0.25, 0.3) is 11.0 Å². The van der Waals surface area contributed by atoms with E-state index in [1.165, 1.54) is 0 Å². The Bertz CT molecular complexity index is 1250. The van der Waals surface area contributed by atoms with Crippen molar-refractivity contribution in [3.63, 3.8) is 0 Å². The fourth-order valence-electron chi connectivity index (χ4n) is 4.04. The lowest BCUT2D eigenvalue weighted by Gasteiger charge is -2.12. The van der Waals surface area contributed by atoms with Gasteiger partial charge in [-0.15, -0.1) is 0 Å². The van der Waals surface area contributed by atoms with E-state index >= 15 is 0 Å². The van der Waals surface area contributed by atoms with Crippen LogP contribution in [0.1, 0.15) is 29.8 Å². The van der Waals surface area contributed by atoms with Crippen molar-refractivity contribution in [1.82, 2.24) is 14.9 Å². The standard InChI is InChI=1S/C28H30ClN3O2/c1-21-10-2-7-15-26(21)34-19-9-18-32-25-14-6-5-13-24(25)31-27(32)16-8-17-30-28(33)20-22-11-3-4-12-23(22)29/h2-7,10-15H,8-9,16-20H2,1H3,(H,30,33). The lowest BCUT2D eigenvalue weighted by Crippen LogP contribution is -2.26. The van der Waals surface area contributed by atoms with Crippen molar-refractivity contribution >= 4 is 28.5 Å². The maximum Gasteiger partial charge on any atom is 0.224 e. The number of nitrogens with one attached hydrogen (secondary N) is 1. The van der Waals surface area contributed by atoms with Crippen LogP contribution < -0.4 is 10.1 Å². The molecule has 0 fully saturated rings. The van der Waals surface area contributed by atoms with Gasteiger partial charge in [-0.2, -0.15) is 0 Å². The van der Waals surface area contributed by atoms with Crippen LogP contribution >= 0.6 is 11.6 Å². The molecule has 5 nitrogen and oxygen atoms in total. The van der Waals surface area contributed by atoms with Crippen molar-refractivity contribution in [1.29, 1.82) is 0 Å². The van der Waals surface area contributed by atoms with Gasteiger partial charge in [-0.3, -0.25) is 4.79 Å². The smallest absolute Gasteiger partial charge is 0.224 e. The van der Waals surface area contributed by atoms with Crippen LogP contribution in [0.3, 0.4) is 0 Å². The van der Waals surface area contributed by atoms with Gasteiger partial charge in [-0.1, -0.05) is 60.1 Å². The minimum atomic E-state index is -0.0186. The number of aryl methyl sites for hydroxylation is 3. The van der Waals surface area contributed by atoms with E-state index in [0.717, 1.165) is 59.5 Å². The average Bonchev–Trinajstić information content (AvgIpc) is 3.19. The van der Waals surface area contributed by atoms with E-state index in [4.69, 9.17) is 21.3 Å². The molecule has 4 rings (SSSR count). The first kappa shape index (κ1) is 23.8. The Morgan fingerprint density at radius 1 is 1.00 bits per heavy atom. The molecule has 34 heavy (non-hydrogen) atoms. The first-order chi connectivity index (χ1) is 16.6. The maximum atomic E-state index is 12.3. The number of imidazole rings is 1. The molecule has 1 heterocycles. The van der Waals surface area contributed by atoms with Crippen LogP contribution in [0.5, 0.6) is 5.75 Å². The molecule has 0 atom stereocenters. The van der Waals surface area contributed by atoms with Crippen molar-refractivity contribution in [2.45, 2.75) is 39.2 Å². The summed E-state index contributed by atoms with van der Waals surface area (Å²) in [7, 11) is 0. The zero-order valence-corrected chi connectivity index (χ0v) is 20.2. The Balaban J connectivity index is 1.30. The Morgan fingerprint density at radius 2 is 1.76 bits per heavy atom. The zero-order valence-electron chi connectivity index (χ0n) is 19.5. The molecule has 3 aromatic carbocycles. The lowest BCUT2D eigenvalue weighted by atomic mass is 10.1. The summed E-state index contributed by atoms with van der Waals surface area (Å²) in [6.45, 7) is 4.14. The van der Waals surface area contributed by atoms with Gasteiger partial charge < -0.3 is 14.6 Å². The van der Waals surface area contributed by atoms with Gasteiger partial charge >= 0.3 is 0 Å². The van der Waals surface area contributed by atoms with E-state index in [-0.39, 0.29) is 5.91 Å². The number of aromatic nitrogens is 2. The topological polar surface area (TPSA) is 56.1 Å². The van der Waals surface area contributed by atoms with Crippen LogP contribution in [-0.2, 0) is 24.2 Å². The highest BCUT2D eigenvalue weighted by Crippen LogP contribution is 2.19. The fourth-order valence-corrected chi connectivity index (χ4v) is 4.24. The number of hydrogen-bond donors (Lipinski definition) is 1. The number of hydrogen-bond acceptors (Lipinski definition) is 3. The molecule has 0 saturated heterocycles. The first-order valence-corrected chi connectivity index (χ1v) is 12.1. The molecule has 1 N–H and O–H groups in total. The molecule has 0 aliphatic carbocycles. The van der Waals surface area contributed by atoms with Crippen LogP contribution in [0.2, 0.25) is 5.02 Å². The molecule has 0 radical (unpaired) electrons. The summed E-state index contributed by atoms with van der Waals surface area (Å²) >= 11 is 6.16. The lowest BCUT2D eigenvalue weighted by molar-refractivity contribution is -0.120. The quantitative estimate of drug-likeness (QED) is 0.281. The van der Waals surface area contributed by atoms with Gasteiger partial charge in [0.1, 0.15) is 11.6 Å². The summed E-state index contributed by atoms with van der Waals surface area (Å²) < 4.78 is 8.26. The second-order valence-corrected chi connectivity index (χ2v) is 8.76. The van der Waals surface area contributed by atoms with E-state index in [1.54, 1.807) is 6.07 Å². The van der Waals surface area contributed by atoms with Gasteiger partial charge in [0.2, 0.25) is 5.91 Å². The molecular weight excluding hydrogens is 446 g/mol. The minimum absolute atomic E-state index is 0.0186. The fraction of sp³-hybridized carbons (Fsp3) is 0.286. The Morgan fingerprint density at radius 3 is 2.62 bits per heavy atom. The van der Waals surface area contributed by atoms with Crippen molar-refractivity contribution in [2.75, 3.05) is 13.2 Å². The average molecular weight is 476 g/mol. The predicted molar refractivity (Wildman–Crippen MR) is 138 cm³/mol. The molecule has 176 valence electrons. The molecule has 0 bridgehead atoms. The molecular formula is C28H30ClN3O2. The SMILES string of the molecule is Cc1ccccc1OCCCn1c(CCCNC(=O)Cc2ccccc2Cl)nc2ccccc21. The van der Waals surface area contributed by atoms with Crippen molar-refractivity contribution in [2.24, 2.45) is 0 Å². The zero-order chi connectivity index (χ0) is 23.8. The van der Waals surface area contributed by atoms with Gasteiger partial charge in [-0.05, 0) is 55.2 Å². The Hall–Kier alpha value is -3.31. The van der Waals surface area contributed by atoms with Gasteiger partial charge in [0, 0.05) is 24.5 Å². The van der Waals surface area contributed by atoms with Gasteiger partial charge in [0.05, 0.1) is 24.1 Å². The maximum absolute atomic E-state index is 12.3. The normalized spacial score (nSPS) is 11.0. The number of nitrogens with zero attached hydrogens (tertiary/aromatic N) is 2. The number of carbonyl (C=O) groups excluding carboxylic acids is 1. The van der Waals surface area contributed by atoms with Crippen molar-refractivity contribution in [3.05, 3.63) is 94.8 Å².